The molecule has 0 saturated heterocycles. The van der Waals surface area contributed by atoms with E-state index in [0.717, 1.165) is 16.7 Å². The Kier molecular flexibility index (Phi) is 4.85. The monoisotopic (exact) mass is 413 g/mol. The van der Waals surface area contributed by atoms with Gasteiger partial charge in [-0.3, -0.25) is 4.57 Å². The summed E-state index contributed by atoms with van der Waals surface area (Å²) in [6, 6.07) is 13.3. The van der Waals surface area contributed by atoms with Crippen molar-refractivity contribution >= 4 is 32.7 Å². The predicted octanol–water partition coefficient (Wildman–Crippen LogP) is 2.05. The Morgan fingerprint density at radius 3 is 2.55 bits per heavy atom. The Morgan fingerprint density at radius 2 is 1.83 bits per heavy atom. The minimum Gasteiger partial charge on any atom is -0.465 e. The van der Waals surface area contributed by atoms with Crippen LogP contribution in [-0.2, 0) is 14.8 Å². The summed E-state index contributed by atoms with van der Waals surface area (Å²) in [5.41, 5.74) is 1.94. The Morgan fingerprint density at radius 1 is 1.10 bits per heavy atom. The molecule has 1 aliphatic rings. The molecule has 0 saturated carbocycles. The quantitative estimate of drug-likeness (QED) is 0.660. The third-order valence-electron chi connectivity index (χ3n) is 4.93. The summed E-state index contributed by atoms with van der Waals surface area (Å²) in [5.74, 6) is -0.706. The number of hydrogen-bond donors (Lipinski definition) is 1. The minimum absolute atomic E-state index is 0.00220. The molecule has 0 spiro atoms. The number of imidazole rings is 1. The highest BCUT2D eigenvalue weighted by atomic mass is 32.2. The van der Waals surface area contributed by atoms with Gasteiger partial charge in [-0.1, -0.05) is 24.3 Å². The third-order valence-corrected chi connectivity index (χ3v) is 6.86. The lowest BCUT2D eigenvalue weighted by Crippen LogP contribution is -2.36. The average Bonchev–Trinajstić information content (AvgIpc) is 3.09. The zero-order chi connectivity index (χ0) is 20.6. The van der Waals surface area contributed by atoms with Crippen molar-refractivity contribution in [2.45, 2.75) is 11.3 Å². The summed E-state index contributed by atoms with van der Waals surface area (Å²) in [6.07, 6.45) is 2.09. The summed E-state index contributed by atoms with van der Waals surface area (Å²) in [5, 5.41) is 0. The van der Waals surface area contributed by atoms with Crippen LogP contribution in [0.15, 0.2) is 64.3 Å². The molecule has 8 nitrogen and oxygen atoms in total. The number of H-pyrrole nitrogens is 1. The molecular formula is C20H19N3O5S. The van der Waals surface area contributed by atoms with Gasteiger partial charge in [0.15, 0.2) is 0 Å². The molecule has 0 radical (unpaired) electrons. The van der Waals surface area contributed by atoms with E-state index in [4.69, 9.17) is 4.74 Å². The minimum atomic E-state index is -3.90. The van der Waals surface area contributed by atoms with Gasteiger partial charge in [-0.2, -0.15) is 4.31 Å². The number of esters is 1. The number of nitrogens with one attached hydrogen (secondary N) is 1. The SMILES string of the molecule is COC(=O)c1ccccc1S(=O)(=O)N1CC=C(n2c(=O)[nH]c3ccccc32)CC1. The first-order chi connectivity index (χ1) is 13.9. The van der Waals surface area contributed by atoms with Crippen LogP contribution in [0.4, 0.5) is 0 Å². The second kappa shape index (κ2) is 7.34. The molecule has 150 valence electrons. The van der Waals surface area contributed by atoms with Gasteiger partial charge in [0, 0.05) is 25.2 Å². The number of ether oxygens (including phenoxy) is 1. The molecule has 1 aromatic heterocycles. The first-order valence-electron chi connectivity index (χ1n) is 9.00. The molecular weight excluding hydrogens is 394 g/mol. The number of carbonyl (C=O) groups is 1. The number of rotatable bonds is 4. The number of hydrogen-bond acceptors (Lipinski definition) is 5. The summed E-state index contributed by atoms with van der Waals surface area (Å²) >= 11 is 0. The topological polar surface area (TPSA) is 101 Å². The molecule has 2 aromatic carbocycles. The van der Waals surface area contributed by atoms with E-state index in [9.17, 15) is 18.0 Å². The Bertz CT molecular complexity index is 1290. The van der Waals surface area contributed by atoms with Crippen molar-refractivity contribution < 1.29 is 17.9 Å². The van der Waals surface area contributed by atoms with E-state index >= 15 is 0 Å². The van der Waals surface area contributed by atoms with Crippen LogP contribution in [0.5, 0.6) is 0 Å². The van der Waals surface area contributed by atoms with Crippen molar-refractivity contribution in [3.63, 3.8) is 0 Å². The molecule has 1 aliphatic heterocycles. The first-order valence-corrected chi connectivity index (χ1v) is 10.4. The zero-order valence-corrected chi connectivity index (χ0v) is 16.5. The largest absolute Gasteiger partial charge is 0.465 e. The Hall–Kier alpha value is -3.17. The first kappa shape index (κ1) is 19.2. The molecule has 9 heteroatoms. The van der Waals surface area contributed by atoms with Gasteiger partial charge in [-0.05, 0) is 30.3 Å². The van der Waals surface area contributed by atoms with E-state index in [-0.39, 0.29) is 29.2 Å². The normalized spacial score (nSPS) is 15.3. The van der Waals surface area contributed by atoms with Crippen LogP contribution in [0.2, 0.25) is 0 Å². The van der Waals surface area contributed by atoms with Crippen molar-refractivity contribution in [2.75, 3.05) is 20.2 Å². The molecule has 0 unspecified atom stereocenters. The van der Waals surface area contributed by atoms with E-state index in [1.54, 1.807) is 22.8 Å². The number of benzene rings is 2. The standard InChI is InChI=1S/C20H19N3O5S/c1-28-19(24)15-6-2-5-9-18(15)29(26,27)22-12-10-14(11-13-22)23-17-8-4-3-7-16(17)21-20(23)25/h2-10H,11-13H2,1H3,(H,21,25). The van der Waals surface area contributed by atoms with Gasteiger partial charge in [0.25, 0.3) is 0 Å². The third kappa shape index (κ3) is 3.28. The van der Waals surface area contributed by atoms with Crippen molar-refractivity contribution in [3.05, 3.63) is 70.7 Å². The van der Waals surface area contributed by atoms with E-state index in [2.05, 4.69) is 4.98 Å². The lowest BCUT2D eigenvalue weighted by atomic mass is 10.2. The second-order valence-corrected chi connectivity index (χ2v) is 8.49. The van der Waals surface area contributed by atoms with Crippen LogP contribution >= 0.6 is 0 Å². The van der Waals surface area contributed by atoms with Gasteiger partial charge in [0.2, 0.25) is 10.0 Å². The average molecular weight is 413 g/mol. The fourth-order valence-corrected chi connectivity index (χ4v) is 5.07. The molecule has 2 heterocycles. The molecule has 0 bridgehead atoms. The van der Waals surface area contributed by atoms with Crippen LogP contribution in [0, 0.1) is 0 Å². The van der Waals surface area contributed by atoms with Crippen LogP contribution < -0.4 is 5.69 Å². The number of para-hydroxylation sites is 2. The number of carbonyl (C=O) groups excluding carboxylic acids is 1. The van der Waals surface area contributed by atoms with Gasteiger partial charge in [-0.15, -0.1) is 0 Å². The summed E-state index contributed by atoms with van der Waals surface area (Å²) in [4.78, 5) is 27.1. The smallest absolute Gasteiger partial charge is 0.339 e. The molecule has 0 amide bonds. The maximum absolute atomic E-state index is 13.1. The maximum atomic E-state index is 13.1. The fraction of sp³-hybridized carbons (Fsp3) is 0.200. The highest BCUT2D eigenvalue weighted by Gasteiger charge is 2.30. The Labute approximate surface area is 167 Å². The number of fused-ring (bicyclic) bond motifs is 1. The molecule has 0 atom stereocenters. The van der Waals surface area contributed by atoms with E-state index in [0.29, 0.717) is 6.42 Å². The lowest BCUT2D eigenvalue weighted by molar-refractivity contribution is 0.0596. The van der Waals surface area contributed by atoms with E-state index in [1.807, 2.05) is 24.3 Å². The molecule has 1 N–H and O–H groups in total. The van der Waals surface area contributed by atoms with Gasteiger partial charge in [-0.25, -0.2) is 18.0 Å². The number of methoxy groups -OCH3 is 1. The number of nitrogens with zero attached hydrogens (tertiary/aromatic N) is 2. The van der Waals surface area contributed by atoms with Crippen molar-refractivity contribution in [1.29, 1.82) is 0 Å². The van der Waals surface area contributed by atoms with Crippen molar-refractivity contribution in [2.24, 2.45) is 0 Å². The Balaban J connectivity index is 1.67. The molecule has 4 rings (SSSR count). The van der Waals surface area contributed by atoms with Gasteiger partial charge < -0.3 is 9.72 Å². The van der Waals surface area contributed by atoms with Crippen LogP contribution in [0.1, 0.15) is 16.8 Å². The summed E-state index contributed by atoms with van der Waals surface area (Å²) < 4.78 is 33.8. The zero-order valence-electron chi connectivity index (χ0n) is 15.7. The predicted molar refractivity (Wildman–Crippen MR) is 108 cm³/mol. The molecule has 29 heavy (non-hydrogen) atoms. The second-order valence-electron chi connectivity index (χ2n) is 6.58. The summed E-state index contributed by atoms with van der Waals surface area (Å²) in [6.45, 7) is 0.286. The van der Waals surface area contributed by atoms with Crippen LogP contribution in [0.25, 0.3) is 16.7 Å². The highest BCUT2D eigenvalue weighted by Crippen LogP contribution is 2.26. The van der Waals surface area contributed by atoms with Crippen molar-refractivity contribution in [1.82, 2.24) is 13.9 Å². The van der Waals surface area contributed by atoms with Gasteiger partial charge >= 0.3 is 11.7 Å². The highest BCUT2D eigenvalue weighted by molar-refractivity contribution is 7.89. The molecule has 0 fully saturated rings. The molecule has 3 aromatic rings. The van der Waals surface area contributed by atoms with Crippen LogP contribution in [-0.4, -0.2) is 48.4 Å². The van der Waals surface area contributed by atoms with E-state index in [1.165, 1.54) is 23.5 Å². The van der Waals surface area contributed by atoms with Crippen molar-refractivity contribution in [3.8, 4) is 0 Å². The lowest BCUT2D eigenvalue weighted by Gasteiger charge is -2.26. The summed E-state index contributed by atoms with van der Waals surface area (Å²) in [7, 11) is -2.69. The fourth-order valence-electron chi connectivity index (χ4n) is 3.51. The maximum Gasteiger partial charge on any atom is 0.339 e. The number of sulfonamides is 1. The van der Waals surface area contributed by atoms with E-state index < -0.39 is 16.0 Å². The van der Waals surface area contributed by atoms with Gasteiger partial charge in [0.05, 0.1) is 28.6 Å². The van der Waals surface area contributed by atoms with Crippen LogP contribution in [0.3, 0.4) is 0 Å². The molecule has 0 aliphatic carbocycles. The number of aromatic amines is 1. The number of aromatic nitrogens is 2. The van der Waals surface area contributed by atoms with Gasteiger partial charge in [0.1, 0.15) is 0 Å².